The molecule has 1 aromatic rings. The van der Waals surface area contributed by atoms with Gasteiger partial charge in [0.2, 0.25) is 0 Å². The lowest BCUT2D eigenvalue weighted by atomic mass is 10.1. The van der Waals surface area contributed by atoms with Crippen LogP contribution in [-0.2, 0) is 0 Å². The molecule has 0 unspecified atom stereocenters. The first-order valence-electron chi connectivity index (χ1n) is 3.80. The highest BCUT2D eigenvalue weighted by Crippen LogP contribution is 2.14. The van der Waals surface area contributed by atoms with Gasteiger partial charge in [0.1, 0.15) is 0 Å². The number of hydrogen-bond donors (Lipinski definition) is 1. The largest absolute Gasteiger partial charge is 0.399 e. The third-order valence-corrected chi connectivity index (χ3v) is 1.96. The SMILES string of the molecule is N#Cc1ccc(N)cc1C=CCBr. The van der Waals surface area contributed by atoms with E-state index in [9.17, 15) is 0 Å². The van der Waals surface area contributed by atoms with E-state index in [4.69, 9.17) is 11.0 Å². The molecule has 0 aromatic heterocycles. The Balaban J connectivity index is 3.10. The number of allylic oxidation sites excluding steroid dienone is 1. The van der Waals surface area contributed by atoms with Crippen molar-refractivity contribution >= 4 is 27.7 Å². The Kier molecular flexibility index (Phi) is 3.53. The molecule has 0 aliphatic carbocycles. The van der Waals surface area contributed by atoms with Crippen molar-refractivity contribution in [3.63, 3.8) is 0 Å². The fourth-order valence-electron chi connectivity index (χ4n) is 0.992. The summed E-state index contributed by atoms with van der Waals surface area (Å²) in [6.07, 6.45) is 3.80. The van der Waals surface area contributed by atoms with E-state index in [1.807, 2.05) is 12.2 Å². The molecule has 0 heterocycles. The molecule has 0 radical (unpaired) electrons. The summed E-state index contributed by atoms with van der Waals surface area (Å²) in [5.41, 5.74) is 7.78. The monoisotopic (exact) mass is 236 g/mol. The van der Waals surface area contributed by atoms with Crippen molar-refractivity contribution < 1.29 is 0 Å². The van der Waals surface area contributed by atoms with Gasteiger partial charge in [-0.1, -0.05) is 28.1 Å². The van der Waals surface area contributed by atoms with Crippen LogP contribution in [0.3, 0.4) is 0 Å². The van der Waals surface area contributed by atoms with Gasteiger partial charge in [-0.2, -0.15) is 5.26 Å². The minimum atomic E-state index is 0.645. The second-order valence-electron chi connectivity index (χ2n) is 2.52. The van der Waals surface area contributed by atoms with E-state index < -0.39 is 0 Å². The standard InChI is InChI=1S/C10H9BrN2/c11-5-1-2-8-6-10(13)4-3-9(8)7-12/h1-4,6H,5,13H2. The second-order valence-corrected chi connectivity index (χ2v) is 3.16. The van der Waals surface area contributed by atoms with Crippen LogP contribution in [0.5, 0.6) is 0 Å². The summed E-state index contributed by atoms with van der Waals surface area (Å²) in [4.78, 5) is 0. The normalized spacial score (nSPS) is 10.2. The maximum atomic E-state index is 8.77. The van der Waals surface area contributed by atoms with Crippen LogP contribution in [0.1, 0.15) is 11.1 Å². The minimum absolute atomic E-state index is 0.645. The van der Waals surface area contributed by atoms with Crippen LogP contribution in [0, 0.1) is 11.3 Å². The van der Waals surface area contributed by atoms with Gasteiger partial charge in [-0.3, -0.25) is 0 Å². The first-order chi connectivity index (χ1) is 6.27. The summed E-state index contributed by atoms with van der Waals surface area (Å²) in [7, 11) is 0. The summed E-state index contributed by atoms with van der Waals surface area (Å²) in [5.74, 6) is 0. The summed E-state index contributed by atoms with van der Waals surface area (Å²) in [6, 6.07) is 7.35. The number of hydrogen-bond acceptors (Lipinski definition) is 2. The quantitative estimate of drug-likeness (QED) is 0.634. The Hall–Kier alpha value is -1.27. The smallest absolute Gasteiger partial charge is 0.0997 e. The Morgan fingerprint density at radius 3 is 2.92 bits per heavy atom. The van der Waals surface area contributed by atoms with Crippen molar-refractivity contribution in [1.82, 2.24) is 0 Å². The van der Waals surface area contributed by atoms with Crippen LogP contribution in [0.15, 0.2) is 24.3 Å². The zero-order chi connectivity index (χ0) is 9.68. The Labute approximate surface area is 85.8 Å². The Morgan fingerprint density at radius 1 is 1.54 bits per heavy atom. The lowest BCUT2D eigenvalue weighted by Crippen LogP contribution is -1.88. The summed E-state index contributed by atoms with van der Waals surface area (Å²) in [6.45, 7) is 0. The highest BCUT2D eigenvalue weighted by molar-refractivity contribution is 9.09. The maximum absolute atomic E-state index is 8.77. The molecular formula is C10H9BrN2. The average Bonchev–Trinajstić information content (AvgIpc) is 2.15. The number of nitrogen functional groups attached to an aromatic ring is 1. The molecule has 0 saturated carbocycles. The summed E-state index contributed by atoms with van der Waals surface area (Å²) in [5, 5.41) is 9.54. The zero-order valence-electron chi connectivity index (χ0n) is 7.00. The molecule has 66 valence electrons. The molecule has 0 aliphatic heterocycles. The number of benzene rings is 1. The fraction of sp³-hybridized carbons (Fsp3) is 0.100. The highest BCUT2D eigenvalue weighted by Gasteiger charge is 1.97. The van der Waals surface area contributed by atoms with Crippen LogP contribution in [0.25, 0.3) is 6.08 Å². The number of anilines is 1. The van der Waals surface area contributed by atoms with Gasteiger partial charge in [0, 0.05) is 11.0 Å². The van der Waals surface area contributed by atoms with Crippen molar-refractivity contribution in [1.29, 1.82) is 5.26 Å². The van der Waals surface area contributed by atoms with Gasteiger partial charge in [0.15, 0.2) is 0 Å². The van der Waals surface area contributed by atoms with E-state index in [0.29, 0.717) is 11.3 Å². The predicted molar refractivity (Wildman–Crippen MR) is 58.4 cm³/mol. The molecule has 2 nitrogen and oxygen atoms in total. The fourth-order valence-corrected chi connectivity index (χ4v) is 1.18. The average molecular weight is 237 g/mol. The van der Waals surface area contributed by atoms with E-state index in [1.165, 1.54) is 0 Å². The van der Waals surface area contributed by atoms with Gasteiger partial charge in [-0.05, 0) is 23.8 Å². The van der Waals surface area contributed by atoms with Crippen LogP contribution in [0.4, 0.5) is 5.69 Å². The molecule has 3 heteroatoms. The molecule has 0 aliphatic rings. The van der Waals surface area contributed by atoms with E-state index in [0.717, 1.165) is 10.9 Å². The first-order valence-corrected chi connectivity index (χ1v) is 4.92. The molecule has 0 amide bonds. The predicted octanol–water partition coefficient (Wildman–Crippen LogP) is 2.55. The molecule has 0 bridgehead atoms. The van der Waals surface area contributed by atoms with Gasteiger partial charge in [-0.25, -0.2) is 0 Å². The van der Waals surface area contributed by atoms with Gasteiger partial charge in [0.05, 0.1) is 11.6 Å². The number of nitrogens with two attached hydrogens (primary N) is 1. The molecule has 1 aromatic carbocycles. The minimum Gasteiger partial charge on any atom is -0.399 e. The summed E-state index contributed by atoms with van der Waals surface area (Å²) >= 11 is 3.27. The van der Waals surface area contributed by atoms with Crippen LogP contribution in [0.2, 0.25) is 0 Å². The molecule has 0 atom stereocenters. The zero-order valence-corrected chi connectivity index (χ0v) is 8.58. The third-order valence-electron chi connectivity index (χ3n) is 1.58. The van der Waals surface area contributed by atoms with Crippen LogP contribution < -0.4 is 5.73 Å². The Morgan fingerprint density at radius 2 is 2.31 bits per heavy atom. The number of alkyl halides is 1. The lowest BCUT2D eigenvalue weighted by Gasteiger charge is -1.98. The molecule has 0 fully saturated rings. The molecule has 1 rings (SSSR count). The highest BCUT2D eigenvalue weighted by atomic mass is 79.9. The number of nitrogens with zero attached hydrogens (tertiary/aromatic N) is 1. The first kappa shape index (κ1) is 9.82. The van der Waals surface area contributed by atoms with Crippen LogP contribution >= 0.6 is 15.9 Å². The molecule has 0 saturated heterocycles. The van der Waals surface area contributed by atoms with E-state index >= 15 is 0 Å². The van der Waals surface area contributed by atoms with Crippen molar-refractivity contribution in [3.05, 3.63) is 35.4 Å². The van der Waals surface area contributed by atoms with Gasteiger partial charge in [0.25, 0.3) is 0 Å². The van der Waals surface area contributed by atoms with E-state index in [-0.39, 0.29) is 0 Å². The molecule has 2 N–H and O–H groups in total. The maximum Gasteiger partial charge on any atom is 0.0997 e. The van der Waals surface area contributed by atoms with Crippen molar-refractivity contribution in [2.75, 3.05) is 11.1 Å². The van der Waals surface area contributed by atoms with Crippen molar-refractivity contribution in [3.8, 4) is 6.07 Å². The number of halogens is 1. The molecular weight excluding hydrogens is 228 g/mol. The lowest BCUT2D eigenvalue weighted by molar-refractivity contribution is 1.47. The van der Waals surface area contributed by atoms with Crippen molar-refractivity contribution in [2.45, 2.75) is 0 Å². The number of rotatable bonds is 2. The third kappa shape index (κ3) is 2.60. The summed E-state index contributed by atoms with van der Waals surface area (Å²) < 4.78 is 0. The van der Waals surface area contributed by atoms with E-state index in [1.54, 1.807) is 18.2 Å². The molecule has 13 heavy (non-hydrogen) atoms. The van der Waals surface area contributed by atoms with Crippen molar-refractivity contribution in [2.24, 2.45) is 0 Å². The topological polar surface area (TPSA) is 49.8 Å². The van der Waals surface area contributed by atoms with Crippen LogP contribution in [-0.4, -0.2) is 5.33 Å². The van der Waals surface area contributed by atoms with Gasteiger partial charge in [-0.15, -0.1) is 0 Å². The molecule has 0 spiro atoms. The van der Waals surface area contributed by atoms with Gasteiger partial charge >= 0.3 is 0 Å². The van der Waals surface area contributed by atoms with Gasteiger partial charge < -0.3 is 5.73 Å². The Bertz CT molecular complexity index is 364. The number of nitriles is 1. The van der Waals surface area contributed by atoms with E-state index in [2.05, 4.69) is 22.0 Å². The second kappa shape index (κ2) is 4.68.